The smallest absolute Gasteiger partial charge is 0.0860 e. The maximum atomic E-state index is 5.93. The first kappa shape index (κ1) is 7.50. The number of hydrogen-bond acceptors (Lipinski definition) is 3. The van der Waals surface area contributed by atoms with Gasteiger partial charge in [0.1, 0.15) is 0 Å². The first-order valence-electron chi connectivity index (χ1n) is 5.03. The van der Waals surface area contributed by atoms with Crippen molar-refractivity contribution in [1.82, 2.24) is 15.0 Å². The molecule has 0 aromatic carbocycles. The molecule has 2 aliphatic carbocycles. The van der Waals surface area contributed by atoms with Crippen molar-refractivity contribution in [3.63, 3.8) is 0 Å². The van der Waals surface area contributed by atoms with E-state index in [2.05, 4.69) is 15.0 Å². The van der Waals surface area contributed by atoms with E-state index in [1.54, 1.807) is 0 Å². The average Bonchev–Trinajstić information content (AvgIpc) is 2.87. The second-order valence-corrected chi connectivity index (χ2v) is 4.16. The molecule has 1 heterocycles. The molecule has 13 heavy (non-hydrogen) atoms. The van der Waals surface area contributed by atoms with E-state index < -0.39 is 0 Å². The van der Waals surface area contributed by atoms with Crippen molar-refractivity contribution >= 4 is 0 Å². The van der Waals surface area contributed by atoms with Gasteiger partial charge in [-0.3, -0.25) is 0 Å². The molecule has 70 valence electrons. The van der Waals surface area contributed by atoms with Crippen molar-refractivity contribution in [3.05, 3.63) is 11.4 Å². The van der Waals surface area contributed by atoms with E-state index in [9.17, 15) is 0 Å². The van der Waals surface area contributed by atoms with E-state index in [0.29, 0.717) is 12.1 Å². The van der Waals surface area contributed by atoms with Crippen LogP contribution in [0.4, 0.5) is 0 Å². The SMILES string of the molecule is N[C@H]1CCc2nnn(C3CC3)c2C1. The lowest BCUT2D eigenvalue weighted by Crippen LogP contribution is -2.29. The zero-order valence-corrected chi connectivity index (χ0v) is 7.61. The minimum atomic E-state index is 0.323. The Hall–Kier alpha value is -0.900. The molecule has 0 radical (unpaired) electrons. The third kappa shape index (κ3) is 1.16. The highest BCUT2D eigenvalue weighted by Crippen LogP contribution is 2.36. The summed E-state index contributed by atoms with van der Waals surface area (Å²) in [4.78, 5) is 0. The summed E-state index contributed by atoms with van der Waals surface area (Å²) in [7, 11) is 0. The van der Waals surface area contributed by atoms with E-state index >= 15 is 0 Å². The van der Waals surface area contributed by atoms with E-state index in [0.717, 1.165) is 19.3 Å². The van der Waals surface area contributed by atoms with Gasteiger partial charge in [-0.1, -0.05) is 5.21 Å². The van der Waals surface area contributed by atoms with Crippen molar-refractivity contribution in [2.24, 2.45) is 5.73 Å². The predicted molar refractivity (Wildman–Crippen MR) is 48.3 cm³/mol. The summed E-state index contributed by atoms with van der Waals surface area (Å²) >= 11 is 0. The van der Waals surface area contributed by atoms with Crippen LogP contribution in [-0.4, -0.2) is 21.0 Å². The van der Waals surface area contributed by atoms with Gasteiger partial charge in [0.25, 0.3) is 0 Å². The van der Waals surface area contributed by atoms with Gasteiger partial charge in [-0.15, -0.1) is 5.10 Å². The lowest BCUT2D eigenvalue weighted by Gasteiger charge is -2.17. The number of aryl methyl sites for hydroxylation is 1. The maximum absolute atomic E-state index is 5.93. The summed E-state index contributed by atoms with van der Waals surface area (Å²) in [5, 5.41) is 8.42. The molecule has 2 N–H and O–H groups in total. The van der Waals surface area contributed by atoms with Gasteiger partial charge < -0.3 is 5.73 Å². The van der Waals surface area contributed by atoms with Crippen LogP contribution in [0.1, 0.15) is 36.7 Å². The Kier molecular flexibility index (Phi) is 1.47. The monoisotopic (exact) mass is 178 g/mol. The highest BCUT2D eigenvalue weighted by molar-refractivity contribution is 5.17. The van der Waals surface area contributed by atoms with E-state index in [1.165, 1.54) is 24.2 Å². The Labute approximate surface area is 77.1 Å². The largest absolute Gasteiger partial charge is 0.327 e. The molecule has 1 fully saturated rings. The summed E-state index contributed by atoms with van der Waals surface area (Å²) in [5.41, 5.74) is 8.42. The normalized spacial score (nSPS) is 27.3. The molecule has 3 rings (SSSR count). The van der Waals surface area contributed by atoms with Crippen LogP contribution in [0, 0.1) is 0 Å². The molecule has 2 aliphatic rings. The quantitative estimate of drug-likeness (QED) is 0.678. The number of nitrogens with two attached hydrogens (primary N) is 1. The van der Waals surface area contributed by atoms with Gasteiger partial charge in [-0.05, 0) is 25.7 Å². The Morgan fingerprint density at radius 2 is 2.15 bits per heavy atom. The topological polar surface area (TPSA) is 56.7 Å². The van der Waals surface area contributed by atoms with Gasteiger partial charge in [0.15, 0.2) is 0 Å². The summed E-state index contributed by atoms with van der Waals surface area (Å²) in [6.45, 7) is 0. The Morgan fingerprint density at radius 3 is 2.92 bits per heavy atom. The number of aromatic nitrogens is 3. The minimum Gasteiger partial charge on any atom is -0.327 e. The molecule has 0 saturated heterocycles. The van der Waals surface area contributed by atoms with Gasteiger partial charge in [0, 0.05) is 12.5 Å². The molecular weight excluding hydrogens is 164 g/mol. The van der Waals surface area contributed by atoms with E-state index in [1.807, 2.05) is 0 Å². The summed E-state index contributed by atoms with van der Waals surface area (Å²) in [5.74, 6) is 0. The molecule has 0 spiro atoms. The third-order valence-electron chi connectivity index (χ3n) is 2.97. The van der Waals surface area contributed by atoms with Crippen molar-refractivity contribution in [2.75, 3.05) is 0 Å². The molecule has 1 atom stereocenters. The molecule has 4 heteroatoms. The van der Waals surface area contributed by atoms with Gasteiger partial charge in [-0.2, -0.15) is 0 Å². The summed E-state index contributed by atoms with van der Waals surface area (Å²) in [6.07, 6.45) is 5.59. The number of fused-ring (bicyclic) bond motifs is 1. The van der Waals surface area contributed by atoms with Gasteiger partial charge in [0.2, 0.25) is 0 Å². The second-order valence-electron chi connectivity index (χ2n) is 4.16. The van der Waals surface area contributed by atoms with Crippen molar-refractivity contribution in [2.45, 2.75) is 44.2 Å². The highest BCUT2D eigenvalue weighted by atomic mass is 15.5. The third-order valence-corrected chi connectivity index (χ3v) is 2.97. The molecule has 0 bridgehead atoms. The number of rotatable bonds is 1. The number of hydrogen-bond donors (Lipinski definition) is 1. The van der Waals surface area contributed by atoms with Crippen LogP contribution in [-0.2, 0) is 12.8 Å². The Balaban J connectivity index is 1.99. The van der Waals surface area contributed by atoms with Gasteiger partial charge >= 0.3 is 0 Å². The average molecular weight is 178 g/mol. The van der Waals surface area contributed by atoms with E-state index in [4.69, 9.17) is 5.73 Å². The zero-order chi connectivity index (χ0) is 8.84. The van der Waals surface area contributed by atoms with Crippen LogP contribution >= 0.6 is 0 Å². The second kappa shape index (κ2) is 2.54. The van der Waals surface area contributed by atoms with Crippen LogP contribution in [0.25, 0.3) is 0 Å². The zero-order valence-electron chi connectivity index (χ0n) is 7.61. The van der Waals surface area contributed by atoms with Crippen LogP contribution in [0.2, 0.25) is 0 Å². The van der Waals surface area contributed by atoms with E-state index in [-0.39, 0.29) is 0 Å². The fourth-order valence-corrected chi connectivity index (χ4v) is 2.04. The summed E-state index contributed by atoms with van der Waals surface area (Å²) < 4.78 is 2.11. The van der Waals surface area contributed by atoms with Crippen molar-refractivity contribution in [3.8, 4) is 0 Å². The fourth-order valence-electron chi connectivity index (χ4n) is 2.04. The molecule has 1 saturated carbocycles. The minimum absolute atomic E-state index is 0.323. The number of nitrogens with zero attached hydrogens (tertiary/aromatic N) is 3. The molecule has 4 nitrogen and oxygen atoms in total. The van der Waals surface area contributed by atoms with Crippen LogP contribution in [0.15, 0.2) is 0 Å². The van der Waals surface area contributed by atoms with Gasteiger partial charge in [0.05, 0.1) is 17.4 Å². The Bertz CT molecular complexity index is 326. The first-order valence-corrected chi connectivity index (χ1v) is 5.03. The molecule has 1 aromatic rings. The molecular formula is C9H14N4. The maximum Gasteiger partial charge on any atom is 0.0860 e. The predicted octanol–water partition coefficient (Wildman–Crippen LogP) is 0.429. The summed E-state index contributed by atoms with van der Waals surface area (Å²) in [6, 6.07) is 0.963. The van der Waals surface area contributed by atoms with Crippen LogP contribution in [0.3, 0.4) is 0 Å². The van der Waals surface area contributed by atoms with Crippen molar-refractivity contribution in [1.29, 1.82) is 0 Å². The highest BCUT2D eigenvalue weighted by Gasteiger charge is 2.30. The molecule has 1 aromatic heterocycles. The lowest BCUT2D eigenvalue weighted by molar-refractivity contribution is 0.522. The van der Waals surface area contributed by atoms with Crippen LogP contribution in [0.5, 0.6) is 0 Å². The molecule has 0 amide bonds. The van der Waals surface area contributed by atoms with Crippen LogP contribution < -0.4 is 5.73 Å². The standard InChI is InChI=1S/C9H14N4/c10-6-1-4-8-9(5-6)13(12-11-8)7-2-3-7/h6-7H,1-5,10H2/t6-/m0/s1. The van der Waals surface area contributed by atoms with Gasteiger partial charge in [-0.25, -0.2) is 4.68 Å². The first-order chi connectivity index (χ1) is 6.34. The lowest BCUT2D eigenvalue weighted by atomic mass is 9.97. The van der Waals surface area contributed by atoms with Crippen molar-refractivity contribution < 1.29 is 0 Å². The molecule has 0 aliphatic heterocycles. The molecule has 0 unspecified atom stereocenters. The fraction of sp³-hybridized carbons (Fsp3) is 0.778. The Morgan fingerprint density at radius 1 is 1.31 bits per heavy atom.